The Labute approximate surface area is 109 Å². The van der Waals surface area contributed by atoms with Crippen molar-refractivity contribution in [1.82, 2.24) is 4.98 Å². The minimum atomic E-state index is 0.944. The highest BCUT2D eigenvalue weighted by Gasteiger charge is 1.95. The molecule has 17 heavy (non-hydrogen) atoms. The van der Waals surface area contributed by atoms with E-state index in [1.807, 2.05) is 19.2 Å². The molecule has 2 aromatic rings. The summed E-state index contributed by atoms with van der Waals surface area (Å²) in [5.41, 5.74) is 3.78. The van der Waals surface area contributed by atoms with Gasteiger partial charge in [0, 0.05) is 12.4 Å². The molecular formula is C15H19NS. The number of aryl methyl sites for hydroxylation is 1. The Balaban J connectivity index is 0.000000437. The highest BCUT2D eigenvalue weighted by Crippen LogP contribution is 2.18. The SMILES string of the molecule is CCS.CCc1ccc(-c2cccnc2)cc1. The van der Waals surface area contributed by atoms with Gasteiger partial charge in [-0.1, -0.05) is 44.2 Å². The highest BCUT2D eigenvalue weighted by atomic mass is 32.1. The Bertz CT molecular complexity index is 409. The van der Waals surface area contributed by atoms with Crippen LogP contribution in [-0.2, 0) is 6.42 Å². The van der Waals surface area contributed by atoms with Crippen LogP contribution in [0.4, 0.5) is 0 Å². The van der Waals surface area contributed by atoms with Crippen molar-refractivity contribution in [1.29, 1.82) is 0 Å². The molecule has 2 rings (SSSR count). The molecule has 90 valence electrons. The second kappa shape index (κ2) is 7.91. The third-order valence-electron chi connectivity index (χ3n) is 2.36. The fraction of sp³-hybridized carbons (Fsp3) is 0.267. The fourth-order valence-corrected chi connectivity index (χ4v) is 1.47. The maximum atomic E-state index is 4.10. The molecule has 1 aromatic heterocycles. The summed E-state index contributed by atoms with van der Waals surface area (Å²) in [6.45, 7) is 4.15. The molecule has 0 aliphatic carbocycles. The van der Waals surface area contributed by atoms with E-state index < -0.39 is 0 Å². The Morgan fingerprint density at radius 2 is 1.65 bits per heavy atom. The van der Waals surface area contributed by atoms with Gasteiger partial charge in [-0.25, -0.2) is 0 Å². The number of thiol groups is 1. The maximum absolute atomic E-state index is 4.10. The normalized spacial score (nSPS) is 9.35. The average molecular weight is 245 g/mol. The molecule has 0 unspecified atom stereocenters. The summed E-state index contributed by atoms with van der Waals surface area (Å²) >= 11 is 3.79. The molecule has 0 saturated heterocycles. The van der Waals surface area contributed by atoms with Gasteiger partial charge in [0.2, 0.25) is 0 Å². The first-order valence-corrected chi connectivity index (χ1v) is 6.55. The summed E-state index contributed by atoms with van der Waals surface area (Å²) in [5, 5.41) is 0. The van der Waals surface area contributed by atoms with Crippen molar-refractivity contribution >= 4 is 12.6 Å². The first-order valence-electron chi connectivity index (χ1n) is 5.92. The van der Waals surface area contributed by atoms with Gasteiger partial charge in [0.25, 0.3) is 0 Å². The molecule has 0 N–H and O–H groups in total. The van der Waals surface area contributed by atoms with Crippen LogP contribution in [-0.4, -0.2) is 10.7 Å². The molecular weight excluding hydrogens is 226 g/mol. The Morgan fingerprint density at radius 1 is 1.00 bits per heavy atom. The van der Waals surface area contributed by atoms with Crippen molar-refractivity contribution in [2.75, 3.05) is 5.75 Å². The van der Waals surface area contributed by atoms with Crippen LogP contribution in [0.3, 0.4) is 0 Å². The van der Waals surface area contributed by atoms with Gasteiger partial charge in [0.1, 0.15) is 0 Å². The minimum Gasteiger partial charge on any atom is -0.264 e. The lowest BCUT2D eigenvalue weighted by Gasteiger charge is -2.01. The van der Waals surface area contributed by atoms with Crippen molar-refractivity contribution in [2.45, 2.75) is 20.3 Å². The fourth-order valence-electron chi connectivity index (χ4n) is 1.47. The van der Waals surface area contributed by atoms with Crippen molar-refractivity contribution in [3.8, 4) is 11.1 Å². The first-order chi connectivity index (χ1) is 8.31. The van der Waals surface area contributed by atoms with Crippen molar-refractivity contribution in [3.63, 3.8) is 0 Å². The average Bonchev–Trinajstić information content (AvgIpc) is 2.41. The lowest BCUT2D eigenvalue weighted by molar-refractivity contribution is 1.14. The number of benzene rings is 1. The molecule has 0 aliphatic heterocycles. The Morgan fingerprint density at radius 3 is 2.12 bits per heavy atom. The van der Waals surface area contributed by atoms with Gasteiger partial charge < -0.3 is 0 Å². The van der Waals surface area contributed by atoms with Crippen LogP contribution in [0.25, 0.3) is 11.1 Å². The van der Waals surface area contributed by atoms with Gasteiger partial charge in [0.15, 0.2) is 0 Å². The molecule has 0 atom stereocenters. The van der Waals surface area contributed by atoms with Crippen LogP contribution < -0.4 is 0 Å². The number of pyridine rings is 1. The second-order valence-corrected chi connectivity index (χ2v) is 4.24. The molecule has 1 heterocycles. The van der Waals surface area contributed by atoms with E-state index in [-0.39, 0.29) is 0 Å². The summed E-state index contributed by atoms with van der Waals surface area (Å²) in [4.78, 5) is 4.10. The molecule has 0 aliphatic rings. The van der Waals surface area contributed by atoms with Crippen molar-refractivity contribution in [3.05, 3.63) is 54.4 Å². The van der Waals surface area contributed by atoms with Gasteiger partial charge in [0.05, 0.1) is 0 Å². The smallest absolute Gasteiger partial charge is 0.0346 e. The van der Waals surface area contributed by atoms with E-state index in [1.165, 1.54) is 16.7 Å². The van der Waals surface area contributed by atoms with Gasteiger partial charge >= 0.3 is 0 Å². The molecule has 2 heteroatoms. The molecule has 0 spiro atoms. The summed E-state index contributed by atoms with van der Waals surface area (Å²) in [5.74, 6) is 0.944. The first kappa shape index (κ1) is 13.8. The zero-order chi connectivity index (χ0) is 12.5. The summed E-state index contributed by atoms with van der Waals surface area (Å²) in [6, 6.07) is 12.7. The van der Waals surface area contributed by atoms with Crippen molar-refractivity contribution < 1.29 is 0 Å². The van der Waals surface area contributed by atoms with E-state index in [0.717, 1.165) is 12.2 Å². The van der Waals surface area contributed by atoms with E-state index in [4.69, 9.17) is 0 Å². The monoisotopic (exact) mass is 245 g/mol. The Kier molecular flexibility index (Phi) is 6.41. The van der Waals surface area contributed by atoms with Gasteiger partial charge in [-0.3, -0.25) is 4.98 Å². The quantitative estimate of drug-likeness (QED) is 0.781. The van der Waals surface area contributed by atoms with Crippen LogP contribution in [0.15, 0.2) is 48.8 Å². The largest absolute Gasteiger partial charge is 0.264 e. The zero-order valence-corrected chi connectivity index (χ0v) is 11.3. The molecule has 0 fully saturated rings. The standard InChI is InChI=1S/C13H13N.C2H6S/c1-2-11-5-7-12(8-6-11)13-4-3-9-14-10-13;1-2-3/h3-10H,2H2,1H3;3H,2H2,1H3. The van der Waals surface area contributed by atoms with E-state index in [2.05, 4.69) is 54.9 Å². The number of hydrogen-bond donors (Lipinski definition) is 1. The maximum Gasteiger partial charge on any atom is 0.0346 e. The number of nitrogens with zero attached hydrogens (tertiary/aromatic N) is 1. The summed E-state index contributed by atoms with van der Waals surface area (Å²) < 4.78 is 0. The lowest BCUT2D eigenvalue weighted by Crippen LogP contribution is -1.81. The number of hydrogen-bond acceptors (Lipinski definition) is 2. The van der Waals surface area contributed by atoms with Gasteiger partial charge in [-0.05, 0) is 34.9 Å². The predicted octanol–water partition coefficient (Wildman–Crippen LogP) is 4.25. The third-order valence-corrected chi connectivity index (χ3v) is 2.36. The summed E-state index contributed by atoms with van der Waals surface area (Å²) in [7, 11) is 0. The van der Waals surface area contributed by atoms with Crippen LogP contribution in [0.5, 0.6) is 0 Å². The lowest BCUT2D eigenvalue weighted by atomic mass is 10.1. The predicted molar refractivity (Wildman–Crippen MR) is 78.6 cm³/mol. The van der Waals surface area contributed by atoms with E-state index in [1.54, 1.807) is 6.20 Å². The molecule has 0 radical (unpaired) electrons. The Hall–Kier alpha value is -1.28. The molecule has 0 bridgehead atoms. The van der Waals surface area contributed by atoms with Crippen LogP contribution in [0.1, 0.15) is 19.4 Å². The molecule has 0 saturated carbocycles. The molecule has 1 aromatic carbocycles. The third kappa shape index (κ3) is 4.61. The zero-order valence-electron chi connectivity index (χ0n) is 10.4. The van der Waals surface area contributed by atoms with Crippen molar-refractivity contribution in [2.24, 2.45) is 0 Å². The second-order valence-electron chi connectivity index (χ2n) is 3.61. The topological polar surface area (TPSA) is 12.9 Å². The minimum absolute atomic E-state index is 0.944. The van der Waals surface area contributed by atoms with E-state index >= 15 is 0 Å². The number of rotatable bonds is 2. The van der Waals surface area contributed by atoms with E-state index in [9.17, 15) is 0 Å². The van der Waals surface area contributed by atoms with Gasteiger partial charge in [-0.15, -0.1) is 0 Å². The summed E-state index contributed by atoms with van der Waals surface area (Å²) in [6.07, 6.45) is 4.78. The number of aromatic nitrogens is 1. The highest BCUT2D eigenvalue weighted by molar-refractivity contribution is 7.80. The van der Waals surface area contributed by atoms with Crippen LogP contribution in [0.2, 0.25) is 0 Å². The molecule has 0 amide bonds. The van der Waals surface area contributed by atoms with E-state index in [0.29, 0.717) is 0 Å². The van der Waals surface area contributed by atoms with Crippen LogP contribution >= 0.6 is 12.6 Å². The van der Waals surface area contributed by atoms with Gasteiger partial charge in [-0.2, -0.15) is 12.6 Å². The van der Waals surface area contributed by atoms with Crippen LogP contribution in [0, 0.1) is 0 Å². The molecule has 1 nitrogen and oxygen atoms in total.